The third-order valence-corrected chi connectivity index (χ3v) is 4.01. The van der Waals surface area contributed by atoms with E-state index in [9.17, 15) is 4.79 Å². The fourth-order valence-electron chi connectivity index (χ4n) is 1.89. The number of nitrogens with zero attached hydrogens (tertiary/aromatic N) is 2. The minimum Gasteiger partial charge on any atom is -0.397 e. The first-order valence-electron chi connectivity index (χ1n) is 6.06. The Morgan fingerprint density at radius 2 is 2.15 bits per heavy atom. The first-order chi connectivity index (χ1) is 9.75. The third kappa shape index (κ3) is 2.33. The van der Waals surface area contributed by atoms with Crippen molar-refractivity contribution in [3.8, 4) is 0 Å². The summed E-state index contributed by atoms with van der Waals surface area (Å²) in [5, 5.41) is 3.66. The summed E-state index contributed by atoms with van der Waals surface area (Å²) < 4.78 is 0. The summed E-state index contributed by atoms with van der Waals surface area (Å²) in [6.07, 6.45) is 5.10. The number of nitrogens with two attached hydrogens (primary N) is 1. The minimum atomic E-state index is -0.186. The Morgan fingerprint density at radius 3 is 2.90 bits per heavy atom. The molecule has 6 heteroatoms. The van der Waals surface area contributed by atoms with Crippen molar-refractivity contribution in [1.82, 2.24) is 15.3 Å². The largest absolute Gasteiger partial charge is 0.397 e. The van der Waals surface area contributed by atoms with Gasteiger partial charge in [-0.1, -0.05) is 6.07 Å². The van der Waals surface area contributed by atoms with Crippen LogP contribution in [0.25, 0.3) is 10.2 Å². The monoisotopic (exact) mass is 284 g/mol. The fourth-order valence-corrected chi connectivity index (χ4v) is 2.86. The van der Waals surface area contributed by atoms with Gasteiger partial charge in [0.05, 0.1) is 5.69 Å². The van der Waals surface area contributed by atoms with Crippen LogP contribution in [0.4, 0.5) is 5.69 Å². The second-order valence-corrected chi connectivity index (χ2v) is 5.24. The molecule has 20 heavy (non-hydrogen) atoms. The van der Waals surface area contributed by atoms with Gasteiger partial charge in [0.25, 0.3) is 5.91 Å². The molecule has 0 fully saturated rings. The lowest BCUT2D eigenvalue weighted by Crippen LogP contribution is -2.22. The Morgan fingerprint density at radius 1 is 1.30 bits per heavy atom. The molecule has 0 aromatic carbocycles. The number of pyridine rings is 2. The molecule has 0 saturated carbocycles. The lowest BCUT2D eigenvalue weighted by molar-refractivity contribution is 0.0956. The number of carbonyl (C=O) groups excluding carboxylic acids is 1. The summed E-state index contributed by atoms with van der Waals surface area (Å²) in [5.74, 6) is -0.186. The van der Waals surface area contributed by atoms with Crippen LogP contribution in [-0.2, 0) is 6.54 Å². The van der Waals surface area contributed by atoms with Gasteiger partial charge in [0.15, 0.2) is 0 Å². The molecule has 0 aliphatic rings. The molecular formula is C14H12N4OS. The smallest absolute Gasteiger partial charge is 0.263 e. The zero-order valence-electron chi connectivity index (χ0n) is 10.5. The molecule has 3 rings (SSSR count). The Kier molecular flexibility index (Phi) is 3.30. The molecule has 0 bridgehead atoms. The van der Waals surface area contributed by atoms with Gasteiger partial charge in [0.1, 0.15) is 9.71 Å². The number of aromatic nitrogens is 2. The molecule has 3 N–H and O–H groups in total. The van der Waals surface area contributed by atoms with E-state index in [0.717, 1.165) is 15.8 Å². The molecule has 3 aromatic heterocycles. The lowest BCUT2D eigenvalue weighted by atomic mass is 10.2. The van der Waals surface area contributed by atoms with Crippen molar-refractivity contribution in [2.24, 2.45) is 0 Å². The highest BCUT2D eigenvalue weighted by molar-refractivity contribution is 7.21. The summed E-state index contributed by atoms with van der Waals surface area (Å²) in [5.41, 5.74) is 7.44. The number of fused-ring (bicyclic) bond motifs is 1. The molecular weight excluding hydrogens is 272 g/mol. The number of rotatable bonds is 3. The minimum absolute atomic E-state index is 0.186. The van der Waals surface area contributed by atoms with Crippen molar-refractivity contribution in [3.05, 3.63) is 53.3 Å². The number of anilines is 1. The molecule has 3 aromatic rings. The van der Waals surface area contributed by atoms with Crippen molar-refractivity contribution in [3.63, 3.8) is 0 Å². The van der Waals surface area contributed by atoms with Crippen molar-refractivity contribution in [2.45, 2.75) is 6.54 Å². The number of carbonyl (C=O) groups is 1. The molecule has 0 unspecified atom stereocenters. The summed E-state index contributed by atoms with van der Waals surface area (Å²) in [4.78, 5) is 21.7. The number of nitrogen functional groups attached to an aromatic ring is 1. The Bertz CT molecular complexity index is 754. The Hall–Kier alpha value is -2.47. The van der Waals surface area contributed by atoms with Gasteiger partial charge < -0.3 is 11.1 Å². The first kappa shape index (κ1) is 12.6. The molecule has 0 saturated heterocycles. The van der Waals surface area contributed by atoms with E-state index in [4.69, 9.17) is 5.73 Å². The van der Waals surface area contributed by atoms with Crippen LogP contribution in [0, 0.1) is 0 Å². The summed E-state index contributed by atoms with van der Waals surface area (Å²) >= 11 is 1.30. The van der Waals surface area contributed by atoms with Crippen LogP contribution in [0.2, 0.25) is 0 Å². The van der Waals surface area contributed by atoms with Crippen LogP contribution >= 0.6 is 11.3 Å². The highest BCUT2D eigenvalue weighted by Crippen LogP contribution is 2.31. The molecule has 0 aliphatic heterocycles. The number of hydrogen-bond acceptors (Lipinski definition) is 5. The van der Waals surface area contributed by atoms with Crippen LogP contribution in [0.5, 0.6) is 0 Å². The van der Waals surface area contributed by atoms with E-state index in [1.54, 1.807) is 18.6 Å². The zero-order chi connectivity index (χ0) is 13.9. The second kappa shape index (κ2) is 5.26. The van der Waals surface area contributed by atoms with E-state index in [1.807, 2.05) is 24.3 Å². The van der Waals surface area contributed by atoms with Crippen molar-refractivity contribution < 1.29 is 4.79 Å². The number of amides is 1. The molecule has 0 atom stereocenters. The number of nitrogens with one attached hydrogen (secondary N) is 1. The quantitative estimate of drug-likeness (QED) is 0.772. The third-order valence-electron chi connectivity index (χ3n) is 2.89. The lowest BCUT2D eigenvalue weighted by Gasteiger charge is -2.03. The van der Waals surface area contributed by atoms with Crippen LogP contribution in [-0.4, -0.2) is 15.9 Å². The average Bonchev–Trinajstić information content (AvgIpc) is 2.84. The number of hydrogen-bond donors (Lipinski definition) is 2. The van der Waals surface area contributed by atoms with Crippen LogP contribution < -0.4 is 11.1 Å². The maximum Gasteiger partial charge on any atom is 0.263 e. The van der Waals surface area contributed by atoms with Gasteiger partial charge in [-0.15, -0.1) is 11.3 Å². The van der Waals surface area contributed by atoms with E-state index in [2.05, 4.69) is 15.3 Å². The predicted molar refractivity (Wildman–Crippen MR) is 79.4 cm³/mol. The summed E-state index contributed by atoms with van der Waals surface area (Å²) in [6.45, 7) is 0.424. The predicted octanol–water partition coefficient (Wildman–Crippen LogP) is 2.20. The highest BCUT2D eigenvalue weighted by Gasteiger charge is 2.16. The molecule has 0 aliphatic carbocycles. The number of thiophene rings is 1. The average molecular weight is 284 g/mol. The topological polar surface area (TPSA) is 80.9 Å². The molecule has 0 spiro atoms. The molecule has 3 heterocycles. The Balaban J connectivity index is 1.81. The van der Waals surface area contributed by atoms with Crippen molar-refractivity contribution >= 4 is 33.1 Å². The maximum absolute atomic E-state index is 12.2. The van der Waals surface area contributed by atoms with Gasteiger partial charge in [-0.2, -0.15) is 0 Å². The molecule has 1 amide bonds. The Labute approximate surface area is 119 Å². The van der Waals surface area contributed by atoms with Gasteiger partial charge in [-0.25, -0.2) is 4.98 Å². The standard InChI is InChI=1S/C14H12N4OS/c15-11-10-4-2-6-17-14(10)20-12(11)13(19)18-8-9-3-1-5-16-7-9/h1-7H,8,15H2,(H,18,19). The SMILES string of the molecule is Nc1c(C(=O)NCc2cccnc2)sc2ncccc12. The zero-order valence-corrected chi connectivity index (χ0v) is 11.4. The van der Waals surface area contributed by atoms with Crippen LogP contribution in [0.15, 0.2) is 42.9 Å². The van der Waals surface area contributed by atoms with E-state index < -0.39 is 0 Å². The highest BCUT2D eigenvalue weighted by atomic mass is 32.1. The fraction of sp³-hybridized carbons (Fsp3) is 0.0714. The van der Waals surface area contributed by atoms with Gasteiger partial charge >= 0.3 is 0 Å². The van der Waals surface area contributed by atoms with Gasteiger partial charge in [0, 0.05) is 30.5 Å². The molecule has 5 nitrogen and oxygen atoms in total. The molecule has 0 radical (unpaired) electrons. The van der Waals surface area contributed by atoms with E-state index >= 15 is 0 Å². The second-order valence-electron chi connectivity index (χ2n) is 4.24. The van der Waals surface area contributed by atoms with Gasteiger partial charge in [-0.05, 0) is 23.8 Å². The van der Waals surface area contributed by atoms with Crippen molar-refractivity contribution in [2.75, 3.05) is 5.73 Å². The van der Waals surface area contributed by atoms with Crippen molar-refractivity contribution in [1.29, 1.82) is 0 Å². The van der Waals surface area contributed by atoms with Gasteiger partial charge in [0.2, 0.25) is 0 Å². The maximum atomic E-state index is 12.2. The van der Waals surface area contributed by atoms with Crippen LogP contribution in [0.3, 0.4) is 0 Å². The van der Waals surface area contributed by atoms with Crippen LogP contribution in [0.1, 0.15) is 15.2 Å². The first-order valence-corrected chi connectivity index (χ1v) is 6.87. The van der Waals surface area contributed by atoms with E-state index in [-0.39, 0.29) is 5.91 Å². The summed E-state index contributed by atoms with van der Waals surface area (Å²) in [6, 6.07) is 7.41. The normalized spacial score (nSPS) is 10.6. The van der Waals surface area contributed by atoms with E-state index in [1.165, 1.54) is 11.3 Å². The summed E-state index contributed by atoms with van der Waals surface area (Å²) in [7, 11) is 0. The van der Waals surface area contributed by atoms with Gasteiger partial charge in [-0.3, -0.25) is 9.78 Å². The van der Waals surface area contributed by atoms with E-state index in [0.29, 0.717) is 17.1 Å². The molecule has 100 valence electrons.